The van der Waals surface area contributed by atoms with Gasteiger partial charge in [0.25, 0.3) is 0 Å². The summed E-state index contributed by atoms with van der Waals surface area (Å²) in [7, 11) is 0. The molecule has 0 unspecified atom stereocenters. The molecule has 5 nitrogen and oxygen atoms in total. The lowest BCUT2D eigenvalue weighted by molar-refractivity contribution is -0.149. The zero-order valence-corrected chi connectivity index (χ0v) is 10.0. The highest BCUT2D eigenvalue weighted by Gasteiger charge is 2.46. The van der Waals surface area contributed by atoms with E-state index in [1.807, 2.05) is 6.92 Å². The molecule has 1 N–H and O–H groups in total. The molecule has 0 aromatic heterocycles. The zero-order chi connectivity index (χ0) is 12.3. The lowest BCUT2D eigenvalue weighted by Gasteiger charge is -2.34. The Bertz CT molecular complexity index is 323. The van der Waals surface area contributed by atoms with E-state index in [1.54, 1.807) is 0 Å². The van der Waals surface area contributed by atoms with Gasteiger partial charge in [-0.1, -0.05) is 19.8 Å². The van der Waals surface area contributed by atoms with E-state index in [2.05, 4.69) is 5.32 Å². The Morgan fingerprint density at radius 2 is 1.81 bits per heavy atom. The van der Waals surface area contributed by atoms with Crippen molar-refractivity contribution in [2.45, 2.75) is 40.0 Å². The lowest BCUT2D eigenvalue weighted by Crippen LogP contribution is -2.61. The van der Waals surface area contributed by atoms with Crippen molar-refractivity contribution in [2.75, 3.05) is 6.54 Å². The number of carbonyl (C=O) groups is 3. The molecule has 1 fully saturated rings. The van der Waals surface area contributed by atoms with Crippen LogP contribution in [0.3, 0.4) is 0 Å². The van der Waals surface area contributed by atoms with Crippen molar-refractivity contribution in [2.24, 2.45) is 5.41 Å². The standard InChI is InChI=1S/C11H18N2O3/c1-4-5-6-7-13-9(15)11(2,3)8(14)12-10(13)16/h4-7H2,1-3H3,(H,12,14,16). The molecule has 0 atom stereocenters. The van der Waals surface area contributed by atoms with Gasteiger partial charge in [0.05, 0.1) is 0 Å². The van der Waals surface area contributed by atoms with Gasteiger partial charge >= 0.3 is 6.03 Å². The summed E-state index contributed by atoms with van der Waals surface area (Å²) in [5.41, 5.74) is -1.14. The predicted octanol–water partition coefficient (Wildman–Crippen LogP) is 1.28. The molecule has 0 aromatic rings. The summed E-state index contributed by atoms with van der Waals surface area (Å²) >= 11 is 0. The molecule has 1 aliphatic heterocycles. The van der Waals surface area contributed by atoms with Crippen LogP contribution in [0.2, 0.25) is 0 Å². The largest absolute Gasteiger partial charge is 0.330 e. The van der Waals surface area contributed by atoms with E-state index in [-0.39, 0.29) is 0 Å². The molecule has 16 heavy (non-hydrogen) atoms. The van der Waals surface area contributed by atoms with Crippen LogP contribution < -0.4 is 5.32 Å². The summed E-state index contributed by atoms with van der Waals surface area (Å²) in [6.45, 7) is 5.49. The number of nitrogens with zero attached hydrogens (tertiary/aromatic N) is 1. The summed E-state index contributed by atoms with van der Waals surface area (Å²) in [6.07, 6.45) is 2.76. The summed E-state index contributed by atoms with van der Waals surface area (Å²) in [5, 5.41) is 2.20. The molecular formula is C11H18N2O3. The normalized spacial score (nSPS) is 19.9. The van der Waals surface area contributed by atoms with Gasteiger partial charge in [-0.2, -0.15) is 0 Å². The number of urea groups is 1. The van der Waals surface area contributed by atoms with E-state index < -0.39 is 23.3 Å². The minimum Gasteiger partial charge on any atom is -0.277 e. The molecule has 0 aliphatic carbocycles. The van der Waals surface area contributed by atoms with E-state index in [0.717, 1.165) is 24.2 Å². The van der Waals surface area contributed by atoms with E-state index in [9.17, 15) is 14.4 Å². The van der Waals surface area contributed by atoms with Gasteiger partial charge in [-0.05, 0) is 20.3 Å². The lowest BCUT2D eigenvalue weighted by atomic mass is 9.88. The zero-order valence-electron chi connectivity index (χ0n) is 10.0. The number of nitrogens with one attached hydrogen (secondary N) is 1. The maximum absolute atomic E-state index is 11.9. The first-order valence-corrected chi connectivity index (χ1v) is 5.58. The molecule has 1 saturated heterocycles. The number of unbranched alkanes of at least 4 members (excludes halogenated alkanes) is 2. The van der Waals surface area contributed by atoms with Crippen LogP contribution in [-0.2, 0) is 9.59 Å². The number of rotatable bonds is 4. The third-order valence-corrected chi connectivity index (χ3v) is 2.80. The smallest absolute Gasteiger partial charge is 0.277 e. The molecule has 90 valence electrons. The Kier molecular flexibility index (Phi) is 3.67. The Hall–Kier alpha value is -1.39. The second-order valence-corrected chi connectivity index (χ2v) is 4.55. The Morgan fingerprint density at radius 3 is 2.38 bits per heavy atom. The average Bonchev–Trinajstić information content (AvgIpc) is 2.21. The van der Waals surface area contributed by atoms with Crippen LogP contribution in [0.15, 0.2) is 0 Å². The monoisotopic (exact) mass is 226 g/mol. The van der Waals surface area contributed by atoms with E-state index in [0.29, 0.717) is 6.54 Å². The second kappa shape index (κ2) is 4.63. The predicted molar refractivity (Wildman–Crippen MR) is 58.6 cm³/mol. The van der Waals surface area contributed by atoms with Gasteiger partial charge in [-0.25, -0.2) is 4.79 Å². The van der Waals surface area contributed by atoms with Crippen molar-refractivity contribution in [1.29, 1.82) is 0 Å². The maximum atomic E-state index is 11.9. The first-order chi connectivity index (χ1) is 7.41. The van der Waals surface area contributed by atoms with E-state index >= 15 is 0 Å². The van der Waals surface area contributed by atoms with Crippen molar-refractivity contribution >= 4 is 17.8 Å². The van der Waals surface area contributed by atoms with Crippen molar-refractivity contribution in [3.63, 3.8) is 0 Å². The highest BCUT2D eigenvalue weighted by molar-refractivity contribution is 6.18. The topological polar surface area (TPSA) is 66.5 Å². The molecule has 4 amide bonds. The molecule has 1 aliphatic rings. The summed E-state index contributed by atoms with van der Waals surface area (Å²) in [5.74, 6) is -0.924. The first-order valence-electron chi connectivity index (χ1n) is 5.58. The fraction of sp³-hybridized carbons (Fsp3) is 0.727. The van der Waals surface area contributed by atoms with Crippen LogP contribution >= 0.6 is 0 Å². The van der Waals surface area contributed by atoms with Crippen LogP contribution in [0.5, 0.6) is 0 Å². The number of amides is 4. The third kappa shape index (κ3) is 2.23. The van der Waals surface area contributed by atoms with Gasteiger partial charge in [-0.15, -0.1) is 0 Å². The average molecular weight is 226 g/mol. The minimum absolute atomic E-state index is 0.384. The van der Waals surface area contributed by atoms with Crippen molar-refractivity contribution in [1.82, 2.24) is 10.2 Å². The van der Waals surface area contributed by atoms with Gasteiger partial charge in [0.15, 0.2) is 0 Å². The van der Waals surface area contributed by atoms with E-state index in [4.69, 9.17) is 0 Å². The molecule has 1 heterocycles. The van der Waals surface area contributed by atoms with E-state index in [1.165, 1.54) is 13.8 Å². The highest BCUT2D eigenvalue weighted by atomic mass is 16.2. The quantitative estimate of drug-likeness (QED) is 0.580. The molecule has 0 saturated carbocycles. The molecule has 0 bridgehead atoms. The van der Waals surface area contributed by atoms with Gasteiger partial charge in [0, 0.05) is 6.54 Å². The number of barbiturate groups is 1. The fourth-order valence-corrected chi connectivity index (χ4v) is 1.57. The number of carbonyl (C=O) groups excluding carboxylic acids is 3. The molecule has 0 spiro atoms. The van der Waals surface area contributed by atoms with Crippen molar-refractivity contribution in [3.8, 4) is 0 Å². The number of imide groups is 2. The summed E-state index contributed by atoms with van der Waals surface area (Å²) in [6, 6.07) is -0.592. The Balaban J connectivity index is 2.73. The van der Waals surface area contributed by atoms with Crippen LogP contribution in [0, 0.1) is 5.41 Å². The van der Waals surface area contributed by atoms with Gasteiger partial charge < -0.3 is 0 Å². The van der Waals surface area contributed by atoms with Crippen LogP contribution in [0.25, 0.3) is 0 Å². The maximum Gasteiger partial charge on any atom is 0.330 e. The third-order valence-electron chi connectivity index (χ3n) is 2.80. The molecule has 0 radical (unpaired) electrons. The van der Waals surface area contributed by atoms with Crippen molar-refractivity contribution < 1.29 is 14.4 Å². The summed E-state index contributed by atoms with van der Waals surface area (Å²) in [4.78, 5) is 35.9. The van der Waals surface area contributed by atoms with Crippen LogP contribution in [0.1, 0.15) is 40.0 Å². The van der Waals surface area contributed by atoms with Gasteiger partial charge in [0.1, 0.15) is 5.41 Å². The van der Waals surface area contributed by atoms with Crippen LogP contribution in [0.4, 0.5) is 4.79 Å². The molecule has 5 heteroatoms. The molecular weight excluding hydrogens is 208 g/mol. The van der Waals surface area contributed by atoms with Gasteiger partial charge in [-0.3, -0.25) is 19.8 Å². The molecule has 0 aromatic carbocycles. The Labute approximate surface area is 95.2 Å². The minimum atomic E-state index is -1.14. The number of hydrogen-bond acceptors (Lipinski definition) is 3. The first kappa shape index (κ1) is 12.7. The SMILES string of the molecule is CCCCCN1C(=O)NC(=O)C(C)(C)C1=O. The molecule has 1 rings (SSSR count). The summed E-state index contributed by atoms with van der Waals surface area (Å²) < 4.78 is 0. The highest BCUT2D eigenvalue weighted by Crippen LogP contribution is 2.23. The van der Waals surface area contributed by atoms with Crippen molar-refractivity contribution in [3.05, 3.63) is 0 Å². The van der Waals surface area contributed by atoms with Gasteiger partial charge in [0.2, 0.25) is 11.8 Å². The second-order valence-electron chi connectivity index (χ2n) is 4.55. The van der Waals surface area contributed by atoms with Crippen LogP contribution in [-0.4, -0.2) is 29.3 Å². The fourth-order valence-electron chi connectivity index (χ4n) is 1.57. The Morgan fingerprint density at radius 1 is 1.19 bits per heavy atom. The number of hydrogen-bond donors (Lipinski definition) is 1.